The van der Waals surface area contributed by atoms with Crippen LogP contribution in [0.2, 0.25) is 0 Å². The molecule has 1 aromatic heterocycles. The first-order chi connectivity index (χ1) is 9.79. The molecule has 3 aromatic rings. The quantitative estimate of drug-likeness (QED) is 0.775. The maximum atomic E-state index is 4.82. The molecule has 0 radical (unpaired) electrons. The highest BCUT2D eigenvalue weighted by molar-refractivity contribution is 5.82. The third-order valence-electron chi connectivity index (χ3n) is 3.66. The van der Waals surface area contributed by atoms with Gasteiger partial charge in [-0.3, -0.25) is 4.98 Å². The van der Waals surface area contributed by atoms with E-state index in [1.165, 1.54) is 16.5 Å². The van der Waals surface area contributed by atoms with Crippen molar-refractivity contribution in [1.82, 2.24) is 10.3 Å². The first-order valence-corrected chi connectivity index (χ1v) is 6.88. The van der Waals surface area contributed by atoms with Crippen molar-refractivity contribution >= 4 is 10.9 Å². The predicted octanol–water partition coefficient (Wildman–Crippen LogP) is 3.85. The van der Waals surface area contributed by atoms with Crippen LogP contribution in [0.1, 0.15) is 22.9 Å². The van der Waals surface area contributed by atoms with Crippen LogP contribution >= 0.6 is 0 Å². The van der Waals surface area contributed by atoms with Crippen LogP contribution in [0, 0.1) is 6.92 Å². The summed E-state index contributed by atoms with van der Waals surface area (Å²) in [6.07, 6.45) is 0. The fourth-order valence-corrected chi connectivity index (χ4v) is 2.65. The molecule has 0 aliphatic rings. The lowest BCUT2D eigenvalue weighted by Gasteiger charge is -2.17. The Morgan fingerprint density at radius 3 is 2.40 bits per heavy atom. The zero-order valence-corrected chi connectivity index (χ0v) is 11.8. The summed E-state index contributed by atoms with van der Waals surface area (Å²) >= 11 is 0. The standard InChI is InChI=1S/C18H18N2/c1-13-12-17(20-16-11-7-6-10-15(13)16)18(19-2)14-8-4-3-5-9-14/h3-12,18-19H,1-2H3. The molecule has 1 atom stereocenters. The van der Waals surface area contributed by atoms with E-state index in [2.05, 4.69) is 60.8 Å². The first kappa shape index (κ1) is 12.8. The van der Waals surface area contributed by atoms with Crippen LogP contribution in [0.25, 0.3) is 10.9 Å². The number of hydrogen-bond donors (Lipinski definition) is 1. The highest BCUT2D eigenvalue weighted by Gasteiger charge is 2.14. The summed E-state index contributed by atoms with van der Waals surface area (Å²) < 4.78 is 0. The number of para-hydroxylation sites is 1. The largest absolute Gasteiger partial charge is 0.308 e. The Hall–Kier alpha value is -2.19. The Balaban J connectivity index is 2.13. The van der Waals surface area contributed by atoms with Crippen LogP contribution < -0.4 is 5.32 Å². The lowest BCUT2D eigenvalue weighted by molar-refractivity contribution is 0.673. The average molecular weight is 262 g/mol. The van der Waals surface area contributed by atoms with E-state index in [4.69, 9.17) is 4.98 Å². The van der Waals surface area contributed by atoms with Crippen LogP contribution in [-0.4, -0.2) is 12.0 Å². The van der Waals surface area contributed by atoms with Crippen molar-refractivity contribution in [2.45, 2.75) is 13.0 Å². The van der Waals surface area contributed by atoms with Crippen molar-refractivity contribution in [1.29, 1.82) is 0 Å². The van der Waals surface area contributed by atoms with Gasteiger partial charge in [0.15, 0.2) is 0 Å². The van der Waals surface area contributed by atoms with E-state index in [9.17, 15) is 0 Å². The number of nitrogens with zero attached hydrogens (tertiary/aromatic N) is 1. The lowest BCUT2D eigenvalue weighted by Crippen LogP contribution is -2.19. The Morgan fingerprint density at radius 2 is 1.65 bits per heavy atom. The van der Waals surface area contributed by atoms with Gasteiger partial charge in [-0.25, -0.2) is 0 Å². The number of benzene rings is 2. The van der Waals surface area contributed by atoms with Gasteiger partial charge in [-0.2, -0.15) is 0 Å². The van der Waals surface area contributed by atoms with E-state index in [1.54, 1.807) is 0 Å². The zero-order valence-electron chi connectivity index (χ0n) is 11.8. The number of pyridine rings is 1. The molecule has 0 fully saturated rings. The Bertz CT molecular complexity index is 720. The molecule has 0 aliphatic carbocycles. The molecule has 0 aliphatic heterocycles. The van der Waals surface area contributed by atoms with Crippen LogP contribution in [0.5, 0.6) is 0 Å². The zero-order chi connectivity index (χ0) is 13.9. The van der Waals surface area contributed by atoms with Gasteiger partial charge in [0.2, 0.25) is 0 Å². The minimum atomic E-state index is 0.125. The van der Waals surface area contributed by atoms with Crippen LogP contribution in [0.15, 0.2) is 60.7 Å². The van der Waals surface area contributed by atoms with Gasteiger partial charge >= 0.3 is 0 Å². The van der Waals surface area contributed by atoms with Gasteiger partial charge in [0.25, 0.3) is 0 Å². The molecule has 20 heavy (non-hydrogen) atoms. The van der Waals surface area contributed by atoms with E-state index < -0.39 is 0 Å². The van der Waals surface area contributed by atoms with E-state index in [0.29, 0.717) is 0 Å². The number of rotatable bonds is 3. The summed E-state index contributed by atoms with van der Waals surface area (Å²) in [5.41, 5.74) is 4.62. The summed E-state index contributed by atoms with van der Waals surface area (Å²) in [4.78, 5) is 4.82. The van der Waals surface area contributed by atoms with Crippen LogP contribution in [-0.2, 0) is 0 Å². The van der Waals surface area contributed by atoms with Gasteiger partial charge in [-0.1, -0.05) is 48.5 Å². The van der Waals surface area contributed by atoms with Crippen molar-refractivity contribution in [2.24, 2.45) is 0 Å². The Kier molecular flexibility index (Phi) is 3.48. The Labute approximate surface area is 119 Å². The smallest absolute Gasteiger partial charge is 0.0749 e. The SMILES string of the molecule is CNC(c1ccccc1)c1cc(C)c2ccccc2n1. The highest BCUT2D eigenvalue weighted by Crippen LogP contribution is 2.24. The second-order valence-corrected chi connectivity index (χ2v) is 5.01. The highest BCUT2D eigenvalue weighted by atomic mass is 14.9. The molecule has 1 heterocycles. The van der Waals surface area contributed by atoms with Gasteiger partial charge in [0, 0.05) is 5.39 Å². The number of fused-ring (bicyclic) bond motifs is 1. The molecule has 2 aromatic carbocycles. The number of nitrogens with one attached hydrogen (secondary N) is 1. The lowest BCUT2D eigenvalue weighted by atomic mass is 10.0. The van der Waals surface area contributed by atoms with E-state index in [1.807, 2.05) is 19.2 Å². The molecule has 0 saturated carbocycles. The minimum Gasteiger partial charge on any atom is -0.308 e. The van der Waals surface area contributed by atoms with E-state index >= 15 is 0 Å². The van der Waals surface area contributed by atoms with E-state index in [-0.39, 0.29) is 6.04 Å². The summed E-state index contributed by atoms with van der Waals surface area (Å²) in [7, 11) is 1.98. The van der Waals surface area contributed by atoms with Gasteiger partial charge < -0.3 is 5.32 Å². The third kappa shape index (κ3) is 2.30. The predicted molar refractivity (Wildman–Crippen MR) is 83.8 cm³/mol. The topological polar surface area (TPSA) is 24.9 Å². The fraction of sp³-hybridized carbons (Fsp3) is 0.167. The number of hydrogen-bond acceptors (Lipinski definition) is 2. The van der Waals surface area contributed by atoms with Crippen LogP contribution in [0.3, 0.4) is 0 Å². The molecule has 100 valence electrons. The molecule has 1 unspecified atom stereocenters. The van der Waals surface area contributed by atoms with Crippen molar-refractivity contribution in [2.75, 3.05) is 7.05 Å². The number of aryl methyl sites for hydroxylation is 1. The molecular formula is C18H18N2. The Morgan fingerprint density at radius 1 is 0.950 bits per heavy atom. The molecule has 0 spiro atoms. The third-order valence-corrected chi connectivity index (χ3v) is 3.66. The maximum Gasteiger partial charge on any atom is 0.0749 e. The maximum absolute atomic E-state index is 4.82. The summed E-state index contributed by atoms with van der Waals surface area (Å²) in [5.74, 6) is 0. The number of aromatic nitrogens is 1. The van der Waals surface area contributed by atoms with Crippen LogP contribution in [0.4, 0.5) is 0 Å². The van der Waals surface area contributed by atoms with Gasteiger partial charge in [0.1, 0.15) is 0 Å². The molecule has 0 saturated heterocycles. The normalized spacial score (nSPS) is 12.5. The molecule has 2 heteroatoms. The summed E-state index contributed by atoms with van der Waals surface area (Å²) in [6, 6.07) is 21.0. The minimum absolute atomic E-state index is 0.125. The fourth-order valence-electron chi connectivity index (χ4n) is 2.65. The molecule has 1 N–H and O–H groups in total. The van der Waals surface area contributed by atoms with Crippen molar-refractivity contribution < 1.29 is 0 Å². The van der Waals surface area contributed by atoms with Crippen molar-refractivity contribution in [3.05, 3.63) is 77.5 Å². The second-order valence-electron chi connectivity index (χ2n) is 5.01. The van der Waals surface area contributed by atoms with Gasteiger partial charge in [0.05, 0.1) is 17.3 Å². The molecular weight excluding hydrogens is 244 g/mol. The van der Waals surface area contributed by atoms with Crippen molar-refractivity contribution in [3.8, 4) is 0 Å². The van der Waals surface area contributed by atoms with E-state index in [0.717, 1.165) is 11.2 Å². The molecule has 3 rings (SSSR count). The summed E-state index contributed by atoms with van der Waals surface area (Å²) in [6.45, 7) is 2.14. The van der Waals surface area contributed by atoms with Gasteiger partial charge in [-0.05, 0) is 37.2 Å². The second kappa shape index (κ2) is 5.43. The molecule has 0 bridgehead atoms. The average Bonchev–Trinajstić information content (AvgIpc) is 2.49. The monoisotopic (exact) mass is 262 g/mol. The van der Waals surface area contributed by atoms with Gasteiger partial charge in [-0.15, -0.1) is 0 Å². The van der Waals surface area contributed by atoms with Crippen molar-refractivity contribution in [3.63, 3.8) is 0 Å². The first-order valence-electron chi connectivity index (χ1n) is 6.88. The summed E-state index contributed by atoms with van der Waals surface area (Å²) in [5, 5.41) is 4.59. The molecule has 2 nitrogen and oxygen atoms in total. The molecule has 0 amide bonds.